The standard InChI is InChI=1S/C19H29BrN4O3S/c20-17-4-3-5-18(16-17)28(26,27)21-7-6-19(25)24-14-12-23(13-15-24)11-10-22-8-1-2-9-22/h3-5,16,21H,1-2,6-15H2. The van der Waals surface area contributed by atoms with Gasteiger partial charge in [0.15, 0.2) is 0 Å². The zero-order valence-electron chi connectivity index (χ0n) is 16.1. The van der Waals surface area contributed by atoms with Gasteiger partial charge in [0.25, 0.3) is 0 Å². The third-order valence-corrected chi connectivity index (χ3v) is 7.35. The summed E-state index contributed by atoms with van der Waals surface area (Å²) in [4.78, 5) is 19.4. The molecule has 0 bridgehead atoms. The average molecular weight is 473 g/mol. The van der Waals surface area contributed by atoms with Crippen molar-refractivity contribution < 1.29 is 13.2 Å². The highest BCUT2D eigenvalue weighted by Gasteiger charge is 2.22. The van der Waals surface area contributed by atoms with Crippen LogP contribution in [0.4, 0.5) is 0 Å². The average Bonchev–Trinajstić information content (AvgIpc) is 3.20. The molecule has 2 aliphatic heterocycles. The van der Waals surface area contributed by atoms with E-state index in [4.69, 9.17) is 0 Å². The summed E-state index contributed by atoms with van der Waals surface area (Å²) in [5.74, 6) is 0.0103. The van der Waals surface area contributed by atoms with Gasteiger partial charge in [-0.1, -0.05) is 22.0 Å². The first kappa shape index (κ1) is 21.7. The fourth-order valence-corrected chi connectivity index (χ4v) is 5.31. The largest absolute Gasteiger partial charge is 0.340 e. The summed E-state index contributed by atoms with van der Waals surface area (Å²) in [6.45, 7) is 7.95. The van der Waals surface area contributed by atoms with Crippen molar-refractivity contribution in [2.75, 3.05) is 58.9 Å². The summed E-state index contributed by atoms with van der Waals surface area (Å²) in [6.07, 6.45) is 2.81. The number of likely N-dealkylation sites (tertiary alicyclic amines) is 1. The van der Waals surface area contributed by atoms with Gasteiger partial charge < -0.3 is 9.80 Å². The van der Waals surface area contributed by atoms with E-state index in [1.54, 1.807) is 18.2 Å². The number of rotatable bonds is 8. The quantitative estimate of drug-likeness (QED) is 0.618. The Balaban J connectivity index is 1.36. The van der Waals surface area contributed by atoms with Crippen molar-refractivity contribution in [3.05, 3.63) is 28.7 Å². The van der Waals surface area contributed by atoms with E-state index in [1.165, 1.54) is 32.0 Å². The van der Waals surface area contributed by atoms with Crippen molar-refractivity contribution in [2.24, 2.45) is 0 Å². The van der Waals surface area contributed by atoms with Crippen LogP contribution in [0.2, 0.25) is 0 Å². The maximum atomic E-state index is 12.4. The molecular formula is C19H29BrN4O3S. The highest BCUT2D eigenvalue weighted by atomic mass is 79.9. The predicted molar refractivity (Wildman–Crippen MR) is 113 cm³/mol. The van der Waals surface area contributed by atoms with Gasteiger partial charge in [-0.3, -0.25) is 9.69 Å². The van der Waals surface area contributed by atoms with Gasteiger partial charge in [-0.25, -0.2) is 13.1 Å². The summed E-state index contributed by atoms with van der Waals surface area (Å²) in [6, 6.07) is 6.53. The summed E-state index contributed by atoms with van der Waals surface area (Å²) in [7, 11) is -3.60. The third kappa shape index (κ3) is 6.25. The summed E-state index contributed by atoms with van der Waals surface area (Å²) in [5, 5.41) is 0. The maximum Gasteiger partial charge on any atom is 0.240 e. The molecular weight excluding hydrogens is 444 g/mol. The highest BCUT2D eigenvalue weighted by molar-refractivity contribution is 9.10. The molecule has 9 heteroatoms. The number of piperazine rings is 1. The Morgan fingerprint density at radius 3 is 2.29 bits per heavy atom. The van der Waals surface area contributed by atoms with Gasteiger partial charge in [-0.15, -0.1) is 0 Å². The van der Waals surface area contributed by atoms with Crippen LogP contribution in [0.25, 0.3) is 0 Å². The van der Waals surface area contributed by atoms with Crippen molar-refractivity contribution in [3.8, 4) is 0 Å². The Morgan fingerprint density at radius 2 is 1.64 bits per heavy atom. The van der Waals surface area contributed by atoms with Gasteiger partial charge in [0.05, 0.1) is 4.90 Å². The van der Waals surface area contributed by atoms with Gasteiger partial charge in [0, 0.05) is 56.7 Å². The van der Waals surface area contributed by atoms with E-state index in [-0.39, 0.29) is 23.8 Å². The Hall–Kier alpha value is -1.00. The molecule has 28 heavy (non-hydrogen) atoms. The number of nitrogens with one attached hydrogen (secondary N) is 1. The van der Waals surface area contributed by atoms with E-state index < -0.39 is 10.0 Å². The van der Waals surface area contributed by atoms with Crippen LogP contribution in [0.1, 0.15) is 19.3 Å². The van der Waals surface area contributed by atoms with Crippen molar-refractivity contribution in [2.45, 2.75) is 24.2 Å². The molecule has 0 atom stereocenters. The van der Waals surface area contributed by atoms with Crippen molar-refractivity contribution in [3.63, 3.8) is 0 Å². The second-order valence-electron chi connectivity index (χ2n) is 7.38. The Kier molecular flexibility index (Phi) is 7.87. The SMILES string of the molecule is O=C(CCNS(=O)(=O)c1cccc(Br)c1)N1CCN(CCN2CCCC2)CC1. The molecule has 2 saturated heterocycles. The zero-order chi connectivity index (χ0) is 20.0. The van der Waals surface area contributed by atoms with Crippen LogP contribution >= 0.6 is 15.9 Å². The second kappa shape index (κ2) is 10.2. The lowest BCUT2D eigenvalue weighted by Gasteiger charge is -2.35. The molecule has 0 spiro atoms. The first-order chi connectivity index (χ1) is 13.4. The molecule has 0 aromatic heterocycles. The minimum absolute atomic E-state index is 0.0103. The Bertz CT molecular complexity index is 760. The van der Waals surface area contributed by atoms with Crippen molar-refractivity contribution in [1.29, 1.82) is 0 Å². The third-order valence-electron chi connectivity index (χ3n) is 5.39. The molecule has 2 aliphatic rings. The number of nitrogens with zero attached hydrogens (tertiary/aromatic N) is 3. The molecule has 1 aromatic rings. The van der Waals surface area contributed by atoms with Gasteiger partial charge in [0.2, 0.25) is 15.9 Å². The molecule has 0 saturated carbocycles. The molecule has 0 radical (unpaired) electrons. The molecule has 1 aromatic carbocycles. The number of carbonyl (C=O) groups excluding carboxylic acids is 1. The fourth-order valence-electron chi connectivity index (χ4n) is 3.68. The number of benzene rings is 1. The van der Waals surface area contributed by atoms with Crippen LogP contribution in [0.5, 0.6) is 0 Å². The lowest BCUT2D eigenvalue weighted by Crippen LogP contribution is -2.50. The molecule has 1 N–H and O–H groups in total. The minimum atomic E-state index is -3.60. The molecule has 1 amide bonds. The topological polar surface area (TPSA) is 73.0 Å². The zero-order valence-corrected chi connectivity index (χ0v) is 18.5. The highest BCUT2D eigenvalue weighted by Crippen LogP contribution is 2.16. The fraction of sp³-hybridized carbons (Fsp3) is 0.632. The van der Waals surface area contributed by atoms with E-state index in [9.17, 15) is 13.2 Å². The lowest BCUT2D eigenvalue weighted by molar-refractivity contribution is -0.132. The predicted octanol–water partition coefficient (Wildman–Crippen LogP) is 1.36. The monoisotopic (exact) mass is 472 g/mol. The van der Waals surface area contributed by atoms with E-state index >= 15 is 0 Å². The number of hydrogen-bond donors (Lipinski definition) is 1. The molecule has 156 valence electrons. The Labute approximate surface area is 176 Å². The van der Waals surface area contributed by atoms with Gasteiger partial charge in [-0.2, -0.15) is 0 Å². The number of halogens is 1. The van der Waals surface area contributed by atoms with Gasteiger partial charge >= 0.3 is 0 Å². The molecule has 0 unspecified atom stereocenters. The number of sulfonamides is 1. The molecule has 3 rings (SSSR count). The van der Waals surface area contributed by atoms with Gasteiger partial charge in [-0.05, 0) is 44.1 Å². The van der Waals surface area contributed by atoms with Crippen LogP contribution in [0.3, 0.4) is 0 Å². The number of hydrogen-bond acceptors (Lipinski definition) is 5. The molecule has 2 fully saturated rings. The summed E-state index contributed by atoms with van der Waals surface area (Å²) >= 11 is 3.27. The normalized spacial score (nSPS) is 19.2. The van der Waals surface area contributed by atoms with E-state index in [0.29, 0.717) is 4.47 Å². The van der Waals surface area contributed by atoms with E-state index in [0.717, 1.165) is 39.3 Å². The van der Waals surface area contributed by atoms with Crippen LogP contribution in [-0.2, 0) is 14.8 Å². The van der Waals surface area contributed by atoms with E-state index in [2.05, 4.69) is 30.5 Å². The minimum Gasteiger partial charge on any atom is -0.340 e. The van der Waals surface area contributed by atoms with Crippen LogP contribution in [0, 0.1) is 0 Å². The summed E-state index contributed by atoms with van der Waals surface area (Å²) in [5.41, 5.74) is 0. The van der Waals surface area contributed by atoms with Crippen molar-refractivity contribution >= 4 is 31.9 Å². The molecule has 7 nitrogen and oxygen atoms in total. The summed E-state index contributed by atoms with van der Waals surface area (Å²) < 4.78 is 27.8. The number of carbonyl (C=O) groups is 1. The second-order valence-corrected chi connectivity index (χ2v) is 10.1. The van der Waals surface area contributed by atoms with Gasteiger partial charge in [0.1, 0.15) is 0 Å². The number of amides is 1. The first-order valence-corrected chi connectivity index (χ1v) is 12.2. The van der Waals surface area contributed by atoms with Crippen LogP contribution < -0.4 is 4.72 Å². The first-order valence-electron chi connectivity index (χ1n) is 9.92. The van der Waals surface area contributed by atoms with Crippen molar-refractivity contribution in [1.82, 2.24) is 19.4 Å². The van der Waals surface area contributed by atoms with Crippen LogP contribution in [0.15, 0.2) is 33.6 Å². The van der Waals surface area contributed by atoms with E-state index in [1.807, 2.05) is 4.90 Å². The Morgan fingerprint density at radius 1 is 1.00 bits per heavy atom. The lowest BCUT2D eigenvalue weighted by atomic mass is 10.2. The maximum absolute atomic E-state index is 12.4. The smallest absolute Gasteiger partial charge is 0.240 e. The molecule has 2 heterocycles. The molecule has 0 aliphatic carbocycles. The van der Waals surface area contributed by atoms with Crippen LogP contribution in [-0.4, -0.2) is 87.9 Å².